The van der Waals surface area contributed by atoms with Gasteiger partial charge in [-0.3, -0.25) is 9.59 Å². The molecule has 0 heterocycles. The fourth-order valence-corrected chi connectivity index (χ4v) is 2.38. The zero-order chi connectivity index (χ0) is 19.8. The van der Waals surface area contributed by atoms with E-state index in [0.29, 0.717) is 5.69 Å². The number of nitrogens with zero attached hydrogens (tertiary/aromatic N) is 1. The smallest absolute Gasteiger partial charge is 0.355 e. The van der Waals surface area contributed by atoms with Gasteiger partial charge in [0.05, 0.1) is 0 Å². The molecule has 0 bridgehead atoms. The second-order valence-corrected chi connectivity index (χ2v) is 5.93. The zero-order valence-corrected chi connectivity index (χ0v) is 15.5. The number of carbonyl (C=O) groups excluding carboxylic acids is 3. The Kier molecular flexibility index (Phi) is 6.88. The fourth-order valence-electron chi connectivity index (χ4n) is 2.38. The number of likely N-dealkylation sites (N-methyl/N-ethyl adjacent to an activating group) is 1. The molecule has 0 aromatic heterocycles. The van der Waals surface area contributed by atoms with E-state index < -0.39 is 18.0 Å². The van der Waals surface area contributed by atoms with E-state index in [1.54, 1.807) is 31.3 Å². The Labute approximate surface area is 158 Å². The number of esters is 1. The molecule has 140 valence electrons. The number of ether oxygens (including phenoxy) is 1. The van der Waals surface area contributed by atoms with Crippen LogP contribution in [0.2, 0.25) is 0 Å². The van der Waals surface area contributed by atoms with Crippen LogP contribution in [0.3, 0.4) is 0 Å². The summed E-state index contributed by atoms with van der Waals surface area (Å²) in [5, 5.41) is 2.46. The summed E-state index contributed by atoms with van der Waals surface area (Å²) in [7, 11) is 1.61. The van der Waals surface area contributed by atoms with Gasteiger partial charge in [-0.15, -0.1) is 0 Å². The van der Waals surface area contributed by atoms with Crippen LogP contribution in [0.5, 0.6) is 0 Å². The summed E-state index contributed by atoms with van der Waals surface area (Å²) in [6, 6.07) is 18.1. The second-order valence-electron chi connectivity index (χ2n) is 5.93. The first kappa shape index (κ1) is 19.9. The molecule has 0 spiro atoms. The molecular weight excluding hydrogens is 344 g/mol. The number of anilines is 1. The molecule has 0 aliphatic rings. The van der Waals surface area contributed by atoms with E-state index in [9.17, 15) is 14.4 Å². The Hall–Kier alpha value is -3.41. The van der Waals surface area contributed by atoms with Crippen molar-refractivity contribution in [3.05, 3.63) is 71.9 Å². The number of nitrogens with one attached hydrogen (secondary N) is 1. The monoisotopic (exact) mass is 366 g/mol. The van der Waals surface area contributed by atoms with Gasteiger partial charge in [0.15, 0.2) is 6.10 Å². The lowest BCUT2D eigenvalue weighted by Crippen LogP contribution is -2.39. The van der Waals surface area contributed by atoms with E-state index in [-0.39, 0.29) is 11.6 Å². The van der Waals surface area contributed by atoms with E-state index in [4.69, 9.17) is 4.74 Å². The number of carbonyl (C=O) groups is 3. The zero-order valence-electron chi connectivity index (χ0n) is 15.5. The molecule has 0 radical (unpaired) electrons. The molecule has 2 aromatic rings. The number of hydrogen-bond acceptors (Lipinski definition) is 4. The highest BCUT2D eigenvalue weighted by Gasteiger charge is 2.24. The summed E-state index contributed by atoms with van der Waals surface area (Å²) < 4.78 is 5.28. The van der Waals surface area contributed by atoms with Crippen molar-refractivity contribution in [3.63, 3.8) is 0 Å². The molecule has 2 aromatic carbocycles. The normalized spacial score (nSPS) is 12.0. The van der Waals surface area contributed by atoms with Crippen LogP contribution in [-0.4, -0.2) is 30.9 Å². The topological polar surface area (TPSA) is 75.7 Å². The molecule has 6 heteroatoms. The lowest BCUT2D eigenvalue weighted by atomic mass is 10.2. The third-order valence-corrected chi connectivity index (χ3v) is 3.75. The van der Waals surface area contributed by atoms with Gasteiger partial charge in [0.1, 0.15) is 5.70 Å². The van der Waals surface area contributed by atoms with Crippen LogP contribution in [0.4, 0.5) is 5.69 Å². The maximum atomic E-state index is 12.5. The van der Waals surface area contributed by atoms with Gasteiger partial charge in [-0.25, -0.2) is 4.79 Å². The molecule has 0 fully saturated rings. The third kappa shape index (κ3) is 5.81. The number of rotatable bonds is 6. The number of hydrogen-bond donors (Lipinski definition) is 1. The number of para-hydroxylation sites is 1. The van der Waals surface area contributed by atoms with Crippen LogP contribution >= 0.6 is 0 Å². The average molecular weight is 366 g/mol. The van der Waals surface area contributed by atoms with Crippen molar-refractivity contribution < 1.29 is 19.1 Å². The predicted molar refractivity (Wildman–Crippen MR) is 104 cm³/mol. The Balaban J connectivity index is 2.12. The van der Waals surface area contributed by atoms with E-state index in [0.717, 1.165) is 5.56 Å². The molecule has 6 nitrogen and oxygen atoms in total. The van der Waals surface area contributed by atoms with Gasteiger partial charge < -0.3 is 15.0 Å². The van der Waals surface area contributed by atoms with Gasteiger partial charge in [-0.1, -0.05) is 48.5 Å². The molecular formula is C21H22N2O4. The van der Waals surface area contributed by atoms with E-state index in [1.807, 2.05) is 36.4 Å². The minimum Gasteiger partial charge on any atom is -0.448 e. The molecule has 0 saturated heterocycles. The van der Waals surface area contributed by atoms with Crippen molar-refractivity contribution in [2.45, 2.75) is 20.0 Å². The highest BCUT2D eigenvalue weighted by atomic mass is 16.5. The highest BCUT2D eigenvalue weighted by Crippen LogP contribution is 2.14. The summed E-state index contributed by atoms with van der Waals surface area (Å²) >= 11 is 0. The maximum absolute atomic E-state index is 12.5. The number of benzene rings is 2. The Bertz CT molecular complexity index is 832. The summed E-state index contributed by atoms with van der Waals surface area (Å²) in [5.74, 6) is -1.57. The second kappa shape index (κ2) is 9.33. The first-order chi connectivity index (χ1) is 12.9. The fraction of sp³-hybridized carbons (Fsp3) is 0.190. The van der Waals surface area contributed by atoms with Crippen LogP contribution in [0, 0.1) is 0 Å². The minimum absolute atomic E-state index is 0.0317. The quantitative estimate of drug-likeness (QED) is 0.630. The molecule has 0 saturated carbocycles. The maximum Gasteiger partial charge on any atom is 0.355 e. The number of amides is 2. The lowest BCUT2D eigenvalue weighted by molar-refractivity contribution is -0.150. The van der Waals surface area contributed by atoms with Crippen molar-refractivity contribution in [1.82, 2.24) is 5.32 Å². The van der Waals surface area contributed by atoms with Gasteiger partial charge in [0.2, 0.25) is 5.91 Å². The summed E-state index contributed by atoms with van der Waals surface area (Å²) in [4.78, 5) is 37.8. The predicted octanol–water partition coefficient (Wildman–Crippen LogP) is 2.76. The van der Waals surface area contributed by atoms with Gasteiger partial charge in [0.25, 0.3) is 5.91 Å². The molecule has 27 heavy (non-hydrogen) atoms. The van der Waals surface area contributed by atoms with Gasteiger partial charge in [-0.2, -0.15) is 0 Å². The Morgan fingerprint density at radius 1 is 1.00 bits per heavy atom. The third-order valence-electron chi connectivity index (χ3n) is 3.75. The molecule has 1 atom stereocenters. The standard InChI is InChI=1S/C21H22N2O4/c1-15(20(25)23(3)18-12-8-5-9-13-18)27-21(26)19(22-16(2)24)14-17-10-6-4-7-11-17/h4-15H,1-3H3,(H,22,24)/b19-14+. The van der Waals surface area contributed by atoms with Crippen molar-refractivity contribution in [2.75, 3.05) is 11.9 Å². The van der Waals surface area contributed by atoms with Crippen LogP contribution < -0.4 is 10.2 Å². The molecule has 1 unspecified atom stereocenters. The van der Waals surface area contributed by atoms with Crippen LogP contribution in [0.1, 0.15) is 19.4 Å². The lowest BCUT2D eigenvalue weighted by Gasteiger charge is -2.22. The summed E-state index contributed by atoms with van der Waals surface area (Å²) in [6.45, 7) is 2.79. The van der Waals surface area contributed by atoms with E-state index in [2.05, 4.69) is 5.32 Å². The highest BCUT2D eigenvalue weighted by molar-refractivity contribution is 6.01. The summed E-state index contributed by atoms with van der Waals surface area (Å²) in [6.07, 6.45) is 0.484. The van der Waals surface area contributed by atoms with Crippen molar-refractivity contribution in [2.24, 2.45) is 0 Å². The largest absolute Gasteiger partial charge is 0.448 e. The van der Waals surface area contributed by atoms with E-state index >= 15 is 0 Å². The van der Waals surface area contributed by atoms with Gasteiger partial charge in [-0.05, 0) is 30.7 Å². The van der Waals surface area contributed by atoms with Crippen molar-refractivity contribution in [3.8, 4) is 0 Å². The minimum atomic E-state index is -1.02. The molecule has 2 amide bonds. The van der Waals surface area contributed by atoms with Crippen molar-refractivity contribution in [1.29, 1.82) is 0 Å². The molecule has 2 rings (SSSR count). The first-order valence-corrected chi connectivity index (χ1v) is 8.46. The van der Waals surface area contributed by atoms with Crippen LogP contribution in [0.25, 0.3) is 6.08 Å². The molecule has 0 aliphatic heterocycles. The van der Waals surface area contributed by atoms with Crippen LogP contribution in [0.15, 0.2) is 66.4 Å². The Morgan fingerprint density at radius 2 is 1.56 bits per heavy atom. The van der Waals surface area contributed by atoms with Gasteiger partial charge >= 0.3 is 5.97 Å². The first-order valence-electron chi connectivity index (χ1n) is 8.46. The summed E-state index contributed by atoms with van der Waals surface area (Å²) in [5.41, 5.74) is 1.38. The average Bonchev–Trinajstić information content (AvgIpc) is 2.67. The van der Waals surface area contributed by atoms with Crippen LogP contribution in [-0.2, 0) is 19.1 Å². The SMILES string of the molecule is CC(=O)N/C(=C/c1ccccc1)C(=O)OC(C)C(=O)N(C)c1ccccc1. The van der Waals surface area contributed by atoms with Crippen molar-refractivity contribution >= 4 is 29.5 Å². The van der Waals surface area contributed by atoms with E-state index in [1.165, 1.54) is 24.8 Å². The molecule has 1 N–H and O–H groups in total. The molecule has 0 aliphatic carbocycles. The Morgan fingerprint density at radius 3 is 2.11 bits per heavy atom. The van der Waals surface area contributed by atoms with Gasteiger partial charge in [0, 0.05) is 19.7 Å².